The molecule has 3 nitrogen and oxygen atoms in total. The zero-order chi connectivity index (χ0) is 15.5. The maximum atomic E-state index is 12.9. The topological polar surface area (TPSA) is 32.3 Å². The first-order chi connectivity index (χ1) is 10.6. The number of rotatable bonds is 3. The van der Waals surface area contributed by atoms with E-state index in [-0.39, 0.29) is 18.3 Å². The molecule has 2 fully saturated rings. The largest absolute Gasteiger partial charge is 0.339 e. The molecule has 2 saturated heterocycles. The van der Waals surface area contributed by atoms with Gasteiger partial charge in [-0.2, -0.15) is 0 Å². The molecule has 0 spiro atoms. The second-order valence-electron chi connectivity index (χ2n) is 7.09. The molecule has 2 heterocycles. The molecule has 4 atom stereocenters. The number of hydrogen-bond donors (Lipinski definition) is 1. The quantitative estimate of drug-likeness (QED) is 0.918. The van der Waals surface area contributed by atoms with Crippen molar-refractivity contribution in [2.24, 2.45) is 11.8 Å². The molecular weight excluding hydrogens is 308 g/mol. The third-order valence-corrected chi connectivity index (χ3v) is 5.51. The monoisotopic (exact) mass is 336 g/mol. The summed E-state index contributed by atoms with van der Waals surface area (Å²) in [7, 11) is 0. The first kappa shape index (κ1) is 18.3. The third-order valence-electron chi connectivity index (χ3n) is 5.51. The summed E-state index contributed by atoms with van der Waals surface area (Å²) < 4.78 is 0. The highest BCUT2D eigenvalue weighted by Crippen LogP contribution is 2.30. The summed E-state index contributed by atoms with van der Waals surface area (Å²) in [4.78, 5) is 15.0. The van der Waals surface area contributed by atoms with Crippen molar-refractivity contribution in [3.8, 4) is 0 Å². The summed E-state index contributed by atoms with van der Waals surface area (Å²) in [6.07, 6.45) is 4.22. The van der Waals surface area contributed by atoms with E-state index in [1.54, 1.807) is 0 Å². The minimum atomic E-state index is 0. The number of benzene rings is 1. The van der Waals surface area contributed by atoms with Gasteiger partial charge in [-0.3, -0.25) is 4.79 Å². The van der Waals surface area contributed by atoms with Gasteiger partial charge in [-0.15, -0.1) is 12.4 Å². The standard InChI is InChI=1S/C19H28N2O.ClH/c1-14-12-18(8-10-20-14)19(22)21-11-9-17(15(21)2)13-16-6-4-3-5-7-16;/h3-7,14-15,17-18,20H,8-13H2,1-2H3;1H/t14-,15?,17?,18-;/m0./s1. The van der Waals surface area contributed by atoms with Gasteiger partial charge in [0.05, 0.1) is 0 Å². The van der Waals surface area contributed by atoms with Crippen LogP contribution in [0.2, 0.25) is 0 Å². The van der Waals surface area contributed by atoms with E-state index in [0.29, 0.717) is 23.9 Å². The molecule has 1 amide bonds. The first-order valence-electron chi connectivity index (χ1n) is 8.73. The summed E-state index contributed by atoms with van der Waals surface area (Å²) in [5, 5.41) is 3.44. The third kappa shape index (κ3) is 4.27. The van der Waals surface area contributed by atoms with Crippen LogP contribution in [0.25, 0.3) is 0 Å². The average molecular weight is 337 g/mol. The van der Waals surface area contributed by atoms with Crippen molar-refractivity contribution >= 4 is 18.3 Å². The van der Waals surface area contributed by atoms with E-state index in [1.165, 1.54) is 5.56 Å². The van der Waals surface area contributed by atoms with Crippen LogP contribution in [0.1, 0.15) is 38.7 Å². The first-order valence-corrected chi connectivity index (χ1v) is 8.73. The van der Waals surface area contributed by atoms with Crippen LogP contribution in [0.4, 0.5) is 0 Å². The Kier molecular flexibility index (Phi) is 6.49. The summed E-state index contributed by atoms with van der Waals surface area (Å²) in [6.45, 7) is 6.34. The van der Waals surface area contributed by atoms with Crippen LogP contribution < -0.4 is 5.32 Å². The number of nitrogens with one attached hydrogen (secondary N) is 1. The number of likely N-dealkylation sites (tertiary alicyclic amines) is 1. The molecule has 3 rings (SSSR count). The van der Waals surface area contributed by atoms with Crippen molar-refractivity contribution in [3.05, 3.63) is 35.9 Å². The minimum absolute atomic E-state index is 0. The van der Waals surface area contributed by atoms with Gasteiger partial charge >= 0.3 is 0 Å². The predicted octanol–water partition coefficient (Wildman–Crippen LogP) is 3.28. The van der Waals surface area contributed by atoms with Crippen molar-refractivity contribution in [2.75, 3.05) is 13.1 Å². The van der Waals surface area contributed by atoms with Crippen molar-refractivity contribution < 1.29 is 4.79 Å². The zero-order valence-corrected chi connectivity index (χ0v) is 15.0. The lowest BCUT2D eigenvalue weighted by Gasteiger charge is -2.33. The van der Waals surface area contributed by atoms with Gasteiger partial charge in [0.2, 0.25) is 5.91 Å². The Balaban J connectivity index is 0.00000192. The van der Waals surface area contributed by atoms with Crippen molar-refractivity contribution in [2.45, 2.75) is 51.6 Å². The van der Waals surface area contributed by atoms with Gasteiger partial charge in [0.1, 0.15) is 0 Å². The molecule has 1 aromatic rings. The minimum Gasteiger partial charge on any atom is -0.339 e. The fourth-order valence-electron chi connectivity index (χ4n) is 4.10. The second kappa shape index (κ2) is 8.16. The lowest BCUT2D eigenvalue weighted by Crippen LogP contribution is -2.45. The Morgan fingerprint density at radius 1 is 1.22 bits per heavy atom. The fourth-order valence-corrected chi connectivity index (χ4v) is 4.10. The van der Waals surface area contributed by atoms with Gasteiger partial charge in [0.25, 0.3) is 0 Å². The summed E-state index contributed by atoms with van der Waals surface area (Å²) in [5.74, 6) is 1.23. The Morgan fingerprint density at radius 2 is 1.96 bits per heavy atom. The van der Waals surface area contributed by atoms with Crippen molar-refractivity contribution in [1.82, 2.24) is 10.2 Å². The molecule has 0 aliphatic carbocycles. The Bertz CT molecular complexity index is 507. The summed E-state index contributed by atoms with van der Waals surface area (Å²) in [5.41, 5.74) is 1.39. The van der Waals surface area contributed by atoms with Crippen LogP contribution in [0.5, 0.6) is 0 Å². The van der Waals surface area contributed by atoms with E-state index >= 15 is 0 Å². The van der Waals surface area contributed by atoms with Gasteiger partial charge in [-0.05, 0) is 57.6 Å². The normalized spacial score (nSPS) is 30.8. The Hall–Kier alpha value is -1.06. The number of carbonyl (C=O) groups excluding carboxylic acids is 1. The number of halogens is 1. The second-order valence-corrected chi connectivity index (χ2v) is 7.09. The van der Waals surface area contributed by atoms with E-state index < -0.39 is 0 Å². The number of piperidine rings is 1. The van der Waals surface area contributed by atoms with Crippen LogP contribution in [0.3, 0.4) is 0 Å². The van der Waals surface area contributed by atoms with Crippen molar-refractivity contribution in [1.29, 1.82) is 0 Å². The molecule has 0 bridgehead atoms. The molecule has 2 unspecified atom stereocenters. The van der Waals surface area contributed by atoms with E-state index in [9.17, 15) is 4.79 Å². The lowest BCUT2D eigenvalue weighted by atomic mass is 9.90. The molecule has 0 saturated carbocycles. The average Bonchev–Trinajstić information content (AvgIpc) is 2.89. The molecular formula is C19H29ClN2O. The molecule has 2 aliphatic rings. The molecule has 128 valence electrons. The maximum absolute atomic E-state index is 12.9. The van der Waals surface area contributed by atoms with Crippen LogP contribution in [0, 0.1) is 11.8 Å². The highest BCUT2D eigenvalue weighted by atomic mass is 35.5. The van der Waals surface area contributed by atoms with Crippen LogP contribution in [-0.2, 0) is 11.2 Å². The van der Waals surface area contributed by atoms with Gasteiger partial charge in [0.15, 0.2) is 0 Å². The van der Waals surface area contributed by atoms with Gasteiger partial charge in [-0.1, -0.05) is 30.3 Å². The summed E-state index contributed by atoms with van der Waals surface area (Å²) in [6, 6.07) is 11.5. The Labute approximate surface area is 146 Å². The van der Waals surface area contributed by atoms with E-state index in [4.69, 9.17) is 0 Å². The smallest absolute Gasteiger partial charge is 0.226 e. The number of hydrogen-bond acceptors (Lipinski definition) is 2. The number of carbonyl (C=O) groups is 1. The number of amides is 1. The van der Waals surface area contributed by atoms with Crippen molar-refractivity contribution in [3.63, 3.8) is 0 Å². The molecule has 1 N–H and O–H groups in total. The van der Waals surface area contributed by atoms with Gasteiger partial charge in [-0.25, -0.2) is 0 Å². The predicted molar refractivity (Wildman–Crippen MR) is 96.9 cm³/mol. The lowest BCUT2D eigenvalue weighted by molar-refractivity contribution is -0.137. The molecule has 1 aromatic carbocycles. The Morgan fingerprint density at radius 3 is 2.65 bits per heavy atom. The number of nitrogens with zero attached hydrogens (tertiary/aromatic N) is 1. The SMILES string of the molecule is CC1C(Cc2ccccc2)CCN1C(=O)[C@H]1CCN[C@@H](C)C1.Cl. The molecule has 4 heteroatoms. The van der Waals surface area contributed by atoms with Crippen LogP contribution >= 0.6 is 12.4 Å². The van der Waals surface area contributed by atoms with Gasteiger partial charge in [0, 0.05) is 24.5 Å². The molecule has 0 aromatic heterocycles. The highest BCUT2D eigenvalue weighted by Gasteiger charge is 2.37. The van der Waals surface area contributed by atoms with Crippen LogP contribution in [-0.4, -0.2) is 36.0 Å². The zero-order valence-electron chi connectivity index (χ0n) is 14.2. The van der Waals surface area contributed by atoms with E-state index in [0.717, 1.165) is 38.8 Å². The highest BCUT2D eigenvalue weighted by molar-refractivity contribution is 5.85. The molecule has 2 aliphatic heterocycles. The maximum Gasteiger partial charge on any atom is 0.226 e. The van der Waals surface area contributed by atoms with Crippen LogP contribution in [0.15, 0.2) is 30.3 Å². The molecule has 23 heavy (non-hydrogen) atoms. The van der Waals surface area contributed by atoms with E-state index in [1.807, 2.05) is 0 Å². The summed E-state index contributed by atoms with van der Waals surface area (Å²) >= 11 is 0. The van der Waals surface area contributed by atoms with E-state index in [2.05, 4.69) is 54.4 Å². The van der Waals surface area contributed by atoms with Gasteiger partial charge < -0.3 is 10.2 Å². The fraction of sp³-hybridized carbons (Fsp3) is 0.632. The molecule has 0 radical (unpaired) electrons.